The number of carbonyl (C=O) groups excluding carboxylic acids is 2. The van der Waals surface area contributed by atoms with Gasteiger partial charge in [-0.2, -0.15) is 5.10 Å². The highest BCUT2D eigenvalue weighted by molar-refractivity contribution is 9.10. The van der Waals surface area contributed by atoms with Gasteiger partial charge in [-0.25, -0.2) is 13.8 Å². The number of morpholine rings is 1. The average molecular weight is 616 g/mol. The predicted octanol–water partition coefficient (Wildman–Crippen LogP) is 3.03. The van der Waals surface area contributed by atoms with Crippen LogP contribution in [0.15, 0.2) is 93.3 Å². The number of benzene rings is 3. The molecule has 3 aromatic carbocycles. The van der Waals surface area contributed by atoms with Crippen LogP contribution in [0.1, 0.15) is 5.56 Å². The molecule has 0 aromatic heterocycles. The number of nitrogens with one attached hydrogen (secondary N) is 1. The molecule has 10 nitrogen and oxygen atoms in total. The van der Waals surface area contributed by atoms with Crippen molar-refractivity contribution in [3.8, 4) is 5.75 Å². The maximum atomic E-state index is 13.3. The van der Waals surface area contributed by atoms with Crippen molar-refractivity contribution in [3.05, 3.63) is 88.9 Å². The Morgan fingerprint density at radius 1 is 1.03 bits per heavy atom. The van der Waals surface area contributed by atoms with Crippen LogP contribution in [-0.2, 0) is 24.3 Å². The van der Waals surface area contributed by atoms with E-state index in [-0.39, 0.29) is 17.4 Å². The van der Waals surface area contributed by atoms with Crippen LogP contribution in [0.4, 0.5) is 5.69 Å². The third-order valence-corrected chi connectivity index (χ3v) is 8.01. The maximum absolute atomic E-state index is 13.3. The van der Waals surface area contributed by atoms with Crippen molar-refractivity contribution >= 4 is 49.7 Å². The van der Waals surface area contributed by atoms with Crippen molar-refractivity contribution in [1.82, 2.24) is 10.3 Å². The minimum Gasteiger partial charge on any atom is -0.484 e. The molecule has 12 heteroatoms. The van der Waals surface area contributed by atoms with Gasteiger partial charge in [0.25, 0.3) is 21.8 Å². The molecule has 1 heterocycles. The Morgan fingerprint density at radius 3 is 2.44 bits per heavy atom. The van der Waals surface area contributed by atoms with E-state index in [1.165, 1.54) is 18.3 Å². The Bertz CT molecular complexity index is 1410. The summed E-state index contributed by atoms with van der Waals surface area (Å²) in [6.45, 7) is 1.63. The smallest absolute Gasteiger partial charge is 0.264 e. The van der Waals surface area contributed by atoms with Gasteiger partial charge in [-0.15, -0.1) is 0 Å². The van der Waals surface area contributed by atoms with E-state index in [0.717, 1.165) is 4.31 Å². The van der Waals surface area contributed by atoms with Gasteiger partial charge in [0, 0.05) is 17.6 Å². The minimum atomic E-state index is -4.01. The molecule has 0 unspecified atom stereocenters. The van der Waals surface area contributed by atoms with Gasteiger partial charge in [-0.1, -0.05) is 40.2 Å². The largest absolute Gasteiger partial charge is 0.484 e. The molecule has 39 heavy (non-hydrogen) atoms. The van der Waals surface area contributed by atoms with Crippen molar-refractivity contribution in [1.29, 1.82) is 0 Å². The van der Waals surface area contributed by atoms with E-state index >= 15 is 0 Å². The number of hydrogen-bond acceptors (Lipinski definition) is 7. The van der Waals surface area contributed by atoms with Gasteiger partial charge in [0.05, 0.1) is 30.0 Å². The SMILES string of the molecule is O=C(CN(c1cccc(Br)c1)S(=O)(=O)c1ccccc1)N/N=C\c1ccc(OCC(=O)N2CCOCC2)cc1. The predicted molar refractivity (Wildman–Crippen MR) is 150 cm³/mol. The number of amides is 2. The summed E-state index contributed by atoms with van der Waals surface area (Å²) in [5.74, 6) is -0.196. The van der Waals surface area contributed by atoms with Gasteiger partial charge in [0.1, 0.15) is 12.3 Å². The molecule has 1 fully saturated rings. The van der Waals surface area contributed by atoms with E-state index < -0.39 is 22.5 Å². The zero-order chi connectivity index (χ0) is 27.7. The lowest BCUT2D eigenvalue weighted by Gasteiger charge is -2.26. The molecule has 0 saturated carbocycles. The van der Waals surface area contributed by atoms with Crippen LogP contribution in [0.2, 0.25) is 0 Å². The summed E-state index contributed by atoms with van der Waals surface area (Å²) in [5, 5.41) is 3.96. The number of hydrogen-bond donors (Lipinski definition) is 1. The fraction of sp³-hybridized carbons (Fsp3) is 0.222. The maximum Gasteiger partial charge on any atom is 0.264 e. The lowest BCUT2D eigenvalue weighted by Crippen LogP contribution is -2.42. The number of halogens is 1. The molecule has 1 N–H and O–H groups in total. The van der Waals surface area contributed by atoms with Crippen molar-refractivity contribution in [2.75, 3.05) is 43.8 Å². The normalized spacial score (nSPS) is 13.7. The van der Waals surface area contributed by atoms with E-state index in [1.807, 2.05) is 0 Å². The number of ether oxygens (including phenoxy) is 2. The monoisotopic (exact) mass is 614 g/mol. The standard InChI is InChI=1S/C27H27BrN4O6S/c28-22-5-4-6-23(17-22)32(39(35,36)25-7-2-1-3-8-25)19-26(33)30-29-18-21-9-11-24(12-10-21)38-20-27(34)31-13-15-37-16-14-31/h1-12,17-18H,13-16,19-20H2,(H,30,33)/b29-18-. The summed E-state index contributed by atoms with van der Waals surface area (Å²) < 4.78 is 39.2. The van der Waals surface area contributed by atoms with Gasteiger partial charge in [0.2, 0.25) is 0 Å². The molecule has 4 rings (SSSR count). The first-order valence-corrected chi connectivity index (χ1v) is 14.3. The van der Waals surface area contributed by atoms with Crippen molar-refractivity contribution in [2.45, 2.75) is 4.90 Å². The number of carbonyl (C=O) groups is 2. The van der Waals surface area contributed by atoms with Crippen LogP contribution in [-0.4, -0.2) is 70.8 Å². The third-order valence-electron chi connectivity index (χ3n) is 5.72. The molecule has 0 aliphatic carbocycles. The van der Waals surface area contributed by atoms with Crippen molar-refractivity contribution in [3.63, 3.8) is 0 Å². The highest BCUT2D eigenvalue weighted by Gasteiger charge is 2.27. The summed E-state index contributed by atoms with van der Waals surface area (Å²) in [5.41, 5.74) is 3.38. The Morgan fingerprint density at radius 2 is 1.74 bits per heavy atom. The Labute approximate surface area is 235 Å². The van der Waals surface area contributed by atoms with Crippen molar-refractivity contribution in [2.24, 2.45) is 5.10 Å². The third kappa shape index (κ3) is 7.88. The number of rotatable bonds is 10. The summed E-state index contributed by atoms with van der Waals surface area (Å²) in [6.07, 6.45) is 1.43. The van der Waals surface area contributed by atoms with E-state index in [0.29, 0.717) is 47.8 Å². The summed E-state index contributed by atoms with van der Waals surface area (Å²) in [6, 6.07) is 21.4. The summed E-state index contributed by atoms with van der Waals surface area (Å²) >= 11 is 3.35. The number of hydrazone groups is 1. The molecule has 1 aliphatic rings. The fourth-order valence-electron chi connectivity index (χ4n) is 3.71. The first-order valence-electron chi connectivity index (χ1n) is 12.1. The van der Waals surface area contributed by atoms with Crippen LogP contribution in [0.5, 0.6) is 5.75 Å². The van der Waals surface area contributed by atoms with Crippen LogP contribution in [0.25, 0.3) is 0 Å². The molecule has 204 valence electrons. The topological polar surface area (TPSA) is 118 Å². The van der Waals surface area contributed by atoms with Crippen LogP contribution >= 0.6 is 15.9 Å². The van der Waals surface area contributed by atoms with E-state index in [1.54, 1.807) is 71.6 Å². The molecule has 1 saturated heterocycles. The van der Waals surface area contributed by atoms with E-state index in [4.69, 9.17) is 9.47 Å². The van der Waals surface area contributed by atoms with E-state index in [2.05, 4.69) is 26.5 Å². The second-order valence-corrected chi connectivity index (χ2v) is 11.2. The first-order chi connectivity index (χ1) is 18.8. The molecular weight excluding hydrogens is 588 g/mol. The van der Waals surface area contributed by atoms with E-state index in [9.17, 15) is 18.0 Å². The second kappa shape index (κ2) is 13.4. The van der Waals surface area contributed by atoms with Gasteiger partial charge in [-0.3, -0.25) is 13.9 Å². The first kappa shape index (κ1) is 28.3. The second-order valence-electron chi connectivity index (χ2n) is 8.45. The molecule has 0 radical (unpaired) electrons. The molecule has 2 amide bonds. The summed E-state index contributed by atoms with van der Waals surface area (Å²) in [7, 11) is -4.01. The zero-order valence-corrected chi connectivity index (χ0v) is 23.3. The Kier molecular flexibility index (Phi) is 9.69. The highest BCUT2D eigenvalue weighted by atomic mass is 79.9. The lowest BCUT2D eigenvalue weighted by atomic mass is 10.2. The van der Waals surface area contributed by atoms with Gasteiger partial charge in [0.15, 0.2) is 6.61 Å². The molecule has 3 aromatic rings. The highest BCUT2D eigenvalue weighted by Crippen LogP contribution is 2.26. The number of anilines is 1. The molecule has 1 aliphatic heterocycles. The number of sulfonamides is 1. The average Bonchev–Trinajstić information content (AvgIpc) is 2.96. The quantitative estimate of drug-likeness (QED) is 0.277. The minimum absolute atomic E-state index is 0.0650. The zero-order valence-electron chi connectivity index (χ0n) is 20.9. The molecule has 0 atom stereocenters. The Hall–Kier alpha value is -3.74. The van der Waals surface area contributed by atoms with Crippen LogP contribution in [0.3, 0.4) is 0 Å². The molecule has 0 spiro atoms. The van der Waals surface area contributed by atoms with Gasteiger partial charge in [-0.05, 0) is 60.2 Å². The van der Waals surface area contributed by atoms with Gasteiger partial charge < -0.3 is 14.4 Å². The molecular formula is C27H27BrN4O6S. The Balaban J connectivity index is 1.35. The van der Waals surface area contributed by atoms with Crippen molar-refractivity contribution < 1.29 is 27.5 Å². The van der Waals surface area contributed by atoms with Crippen LogP contribution < -0.4 is 14.5 Å². The molecule has 0 bridgehead atoms. The number of nitrogens with zero attached hydrogens (tertiary/aromatic N) is 3. The van der Waals surface area contributed by atoms with Gasteiger partial charge >= 0.3 is 0 Å². The van der Waals surface area contributed by atoms with Crippen LogP contribution in [0, 0.1) is 0 Å². The lowest BCUT2D eigenvalue weighted by molar-refractivity contribution is -0.137. The summed E-state index contributed by atoms with van der Waals surface area (Å²) in [4.78, 5) is 26.7. The fourth-order valence-corrected chi connectivity index (χ4v) is 5.53.